The first kappa shape index (κ1) is 12.5. The number of rotatable bonds is 2. The molecule has 2 aromatic carbocycles. The van der Waals surface area contributed by atoms with Crippen molar-refractivity contribution in [3.63, 3.8) is 0 Å². The van der Waals surface area contributed by atoms with Crippen LogP contribution in [-0.2, 0) is 0 Å². The third-order valence-corrected chi connectivity index (χ3v) is 4.88. The molecule has 0 radical (unpaired) electrons. The number of aromatic nitrogens is 1. The van der Waals surface area contributed by atoms with Crippen molar-refractivity contribution in [2.45, 2.75) is 12.8 Å². The number of fused-ring (bicyclic) bond motifs is 3. The molecule has 0 amide bonds. The summed E-state index contributed by atoms with van der Waals surface area (Å²) in [7, 11) is 0. The van der Waals surface area contributed by atoms with Gasteiger partial charge in [-0.2, -0.15) is 0 Å². The van der Waals surface area contributed by atoms with Gasteiger partial charge >= 0.3 is 0 Å². The molecule has 1 aliphatic rings. The van der Waals surface area contributed by atoms with Crippen LogP contribution in [0, 0.1) is 0 Å². The van der Waals surface area contributed by atoms with Crippen LogP contribution in [-0.4, -0.2) is 10.8 Å². The summed E-state index contributed by atoms with van der Waals surface area (Å²) < 4.78 is 1.10. The van der Waals surface area contributed by atoms with E-state index in [1.54, 1.807) is 0 Å². The van der Waals surface area contributed by atoms with E-state index < -0.39 is 0 Å². The highest BCUT2D eigenvalue weighted by atomic mass is 32.1. The van der Waals surface area contributed by atoms with Crippen LogP contribution in [0.4, 0.5) is 0 Å². The minimum Gasteiger partial charge on any atom is -0.286 e. The lowest BCUT2D eigenvalue weighted by atomic mass is 10.0. The number of hydrogen-bond acceptors (Lipinski definition) is 3. The Morgan fingerprint density at radius 3 is 2.90 bits per heavy atom. The third-order valence-electron chi connectivity index (χ3n) is 3.78. The topological polar surface area (TPSA) is 30.0 Å². The highest BCUT2D eigenvalue weighted by Crippen LogP contribution is 2.31. The molecule has 0 saturated carbocycles. The van der Waals surface area contributed by atoms with Crippen LogP contribution in [0.25, 0.3) is 21.0 Å². The smallest absolute Gasteiger partial charge is 0.217 e. The van der Waals surface area contributed by atoms with E-state index in [1.807, 2.05) is 30.4 Å². The predicted molar refractivity (Wildman–Crippen MR) is 87.9 cm³/mol. The zero-order chi connectivity index (χ0) is 14.2. The number of ketones is 1. The minimum absolute atomic E-state index is 0.0737. The van der Waals surface area contributed by atoms with E-state index in [9.17, 15) is 4.79 Å². The Hall–Kier alpha value is -2.26. The number of nitrogens with zero attached hydrogens (tertiary/aromatic N) is 1. The van der Waals surface area contributed by atoms with E-state index in [0.29, 0.717) is 5.01 Å². The lowest BCUT2D eigenvalue weighted by Crippen LogP contribution is -2.04. The molecule has 0 atom stereocenters. The predicted octanol–water partition coefficient (Wildman–Crippen LogP) is 4.91. The van der Waals surface area contributed by atoms with Crippen LogP contribution in [0.5, 0.6) is 0 Å². The van der Waals surface area contributed by atoms with Gasteiger partial charge in [0.05, 0.1) is 10.2 Å². The standard InChI is InChI=1S/C18H13NOS/c20-16(13-7-2-1-3-8-13)18-19-15-11-10-12-6-4-5-9-14(12)17(15)21-18/h1-2,4-7,9-11H,3,8H2. The Balaban J connectivity index is 1.87. The maximum absolute atomic E-state index is 12.6. The second-order valence-electron chi connectivity index (χ2n) is 5.14. The zero-order valence-electron chi connectivity index (χ0n) is 11.4. The first-order valence-corrected chi connectivity index (χ1v) is 7.83. The Morgan fingerprint density at radius 1 is 1.14 bits per heavy atom. The van der Waals surface area contributed by atoms with Gasteiger partial charge in [-0.3, -0.25) is 4.79 Å². The first-order valence-electron chi connectivity index (χ1n) is 7.01. The van der Waals surface area contributed by atoms with Crippen molar-refractivity contribution in [2.24, 2.45) is 0 Å². The van der Waals surface area contributed by atoms with Gasteiger partial charge in [0.1, 0.15) is 0 Å². The van der Waals surface area contributed by atoms with E-state index >= 15 is 0 Å². The molecule has 1 aliphatic carbocycles. The van der Waals surface area contributed by atoms with Crippen molar-refractivity contribution in [3.8, 4) is 0 Å². The molecule has 3 heteroatoms. The fraction of sp³-hybridized carbons (Fsp3) is 0.111. The van der Waals surface area contributed by atoms with Gasteiger partial charge in [-0.25, -0.2) is 4.98 Å². The Morgan fingerprint density at radius 2 is 2.05 bits per heavy atom. The van der Waals surface area contributed by atoms with Crippen molar-refractivity contribution in [2.75, 3.05) is 0 Å². The van der Waals surface area contributed by atoms with Gasteiger partial charge in [0.15, 0.2) is 5.01 Å². The molecule has 0 saturated heterocycles. The van der Waals surface area contributed by atoms with Crippen LogP contribution in [0.1, 0.15) is 22.6 Å². The fourth-order valence-corrected chi connectivity index (χ4v) is 3.76. The van der Waals surface area contributed by atoms with E-state index in [-0.39, 0.29) is 5.78 Å². The molecule has 0 bridgehead atoms. The summed E-state index contributed by atoms with van der Waals surface area (Å²) in [5.41, 5.74) is 1.77. The number of thiazole rings is 1. The Kier molecular flexibility index (Phi) is 2.93. The number of hydrogen-bond donors (Lipinski definition) is 0. The van der Waals surface area contributed by atoms with Crippen LogP contribution in [0.2, 0.25) is 0 Å². The molecular formula is C18H13NOS. The highest BCUT2D eigenvalue weighted by Gasteiger charge is 2.18. The normalized spacial score (nSPS) is 14.6. The summed E-state index contributed by atoms with van der Waals surface area (Å²) in [6.45, 7) is 0. The van der Waals surface area contributed by atoms with Crippen LogP contribution in [0.3, 0.4) is 0 Å². The van der Waals surface area contributed by atoms with Crippen LogP contribution in [0.15, 0.2) is 60.2 Å². The number of carbonyl (C=O) groups is 1. The van der Waals surface area contributed by atoms with E-state index in [0.717, 1.165) is 28.6 Å². The maximum Gasteiger partial charge on any atom is 0.217 e. The van der Waals surface area contributed by atoms with E-state index in [2.05, 4.69) is 29.3 Å². The van der Waals surface area contributed by atoms with Gasteiger partial charge in [0.25, 0.3) is 0 Å². The van der Waals surface area contributed by atoms with Gasteiger partial charge in [0.2, 0.25) is 5.78 Å². The number of allylic oxidation sites excluding steroid dienone is 4. The lowest BCUT2D eigenvalue weighted by Gasteiger charge is -2.04. The number of Topliss-reactive ketones (excluding diaryl/α,β-unsaturated/α-hetero) is 1. The molecule has 1 aromatic heterocycles. The van der Waals surface area contributed by atoms with Crippen molar-refractivity contribution in [1.82, 2.24) is 4.98 Å². The molecule has 0 spiro atoms. The maximum atomic E-state index is 12.6. The zero-order valence-corrected chi connectivity index (χ0v) is 12.2. The fourth-order valence-electron chi connectivity index (χ4n) is 2.68. The van der Waals surface area contributed by atoms with E-state index in [4.69, 9.17) is 0 Å². The molecule has 0 unspecified atom stereocenters. The molecule has 3 aromatic rings. The highest BCUT2D eigenvalue weighted by molar-refractivity contribution is 7.21. The van der Waals surface area contributed by atoms with Gasteiger partial charge in [0, 0.05) is 11.0 Å². The number of benzene rings is 2. The largest absolute Gasteiger partial charge is 0.286 e. The van der Waals surface area contributed by atoms with Crippen molar-refractivity contribution in [1.29, 1.82) is 0 Å². The summed E-state index contributed by atoms with van der Waals surface area (Å²) >= 11 is 1.50. The van der Waals surface area contributed by atoms with Gasteiger partial charge in [-0.1, -0.05) is 48.6 Å². The Labute approximate surface area is 126 Å². The van der Waals surface area contributed by atoms with Crippen molar-refractivity contribution >= 4 is 38.1 Å². The van der Waals surface area contributed by atoms with Gasteiger partial charge < -0.3 is 0 Å². The summed E-state index contributed by atoms with van der Waals surface area (Å²) in [5.74, 6) is 0.0737. The number of carbonyl (C=O) groups excluding carboxylic acids is 1. The average molecular weight is 291 g/mol. The summed E-state index contributed by atoms with van der Waals surface area (Å²) in [6.07, 6.45) is 7.70. The molecule has 102 valence electrons. The van der Waals surface area contributed by atoms with Gasteiger partial charge in [-0.15, -0.1) is 11.3 Å². The van der Waals surface area contributed by atoms with Crippen LogP contribution < -0.4 is 0 Å². The van der Waals surface area contributed by atoms with Gasteiger partial charge in [-0.05, 0) is 24.3 Å². The summed E-state index contributed by atoms with van der Waals surface area (Å²) in [6, 6.07) is 12.3. The first-order chi connectivity index (χ1) is 10.3. The quantitative estimate of drug-likeness (QED) is 0.628. The summed E-state index contributed by atoms with van der Waals surface area (Å²) in [4.78, 5) is 17.1. The second-order valence-corrected chi connectivity index (χ2v) is 6.14. The molecule has 4 rings (SSSR count). The SMILES string of the molecule is O=C(C1=CC=CCC1)c1nc2ccc3ccccc3c2s1. The molecule has 0 fully saturated rings. The molecule has 0 N–H and O–H groups in total. The third kappa shape index (κ3) is 2.10. The molecule has 21 heavy (non-hydrogen) atoms. The molecule has 0 aliphatic heterocycles. The Bertz CT molecular complexity index is 917. The van der Waals surface area contributed by atoms with Crippen LogP contribution >= 0.6 is 11.3 Å². The van der Waals surface area contributed by atoms with Crippen molar-refractivity contribution in [3.05, 3.63) is 65.2 Å². The second kappa shape index (κ2) is 4.93. The minimum atomic E-state index is 0.0737. The molecule has 1 heterocycles. The summed E-state index contributed by atoms with van der Waals surface area (Å²) in [5, 5.41) is 2.96. The van der Waals surface area contributed by atoms with Crippen molar-refractivity contribution < 1.29 is 4.79 Å². The van der Waals surface area contributed by atoms with E-state index in [1.165, 1.54) is 22.1 Å². The molecular weight excluding hydrogens is 278 g/mol. The lowest BCUT2D eigenvalue weighted by molar-refractivity contribution is 0.103. The monoisotopic (exact) mass is 291 g/mol. The molecule has 2 nitrogen and oxygen atoms in total. The average Bonchev–Trinajstić information content (AvgIpc) is 2.99.